The molecule has 0 aliphatic heterocycles. The Hall–Kier alpha value is -4.58. The second-order valence-electron chi connectivity index (χ2n) is 8.38. The number of nitrogens with zero attached hydrogens (tertiary/aromatic N) is 3. The van der Waals surface area contributed by atoms with Crippen LogP contribution in [0.15, 0.2) is 64.2 Å². The fourth-order valence-corrected chi connectivity index (χ4v) is 4.01. The summed E-state index contributed by atoms with van der Waals surface area (Å²) >= 11 is 0. The lowest BCUT2D eigenvalue weighted by Crippen LogP contribution is -2.39. The second kappa shape index (κ2) is 10.8. The quantitative estimate of drug-likeness (QED) is 0.373. The first-order valence-electron chi connectivity index (χ1n) is 11.8. The summed E-state index contributed by atoms with van der Waals surface area (Å²) in [6, 6.07) is 17.5. The molecule has 4 aromatic rings. The van der Waals surface area contributed by atoms with E-state index in [0.717, 1.165) is 12.0 Å². The molecule has 0 bridgehead atoms. The molecule has 0 spiro atoms. The number of rotatable bonds is 9. The van der Waals surface area contributed by atoms with E-state index in [-0.39, 0.29) is 23.8 Å². The summed E-state index contributed by atoms with van der Waals surface area (Å²) in [6.45, 7) is 4.64. The number of hydrogen-bond acceptors (Lipinski definition) is 5. The molecule has 2 aromatic heterocycles. The number of hydrogen-bond donors (Lipinski definition) is 2. The standard InChI is InChI=1S/C27H27N5O4/c1-3-13-31-23-15-22(30-25(23)26(34)32(14-4-2)27(31)35)19-7-11-21(12-8-19)36-17-24(33)29-20-9-5-18(16-28)6-10-20/h5-12,15,30H,3-4,13-14,17H2,1-2H3,(H,29,33). The normalized spacial score (nSPS) is 10.8. The second-order valence-corrected chi connectivity index (χ2v) is 8.38. The van der Waals surface area contributed by atoms with Gasteiger partial charge in [0.15, 0.2) is 6.61 Å². The molecular formula is C27H27N5O4. The minimum absolute atomic E-state index is 0.175. The van der Waals surface area contributed by atoms with Gasteiger partial charge in [-0.15, -0.1) is 0 Å². The number of amides is 1. The molecule has 4 rings (SSSR count). The van der Waals surface area contributed by atoms with Crippen LogP contribution >= 0.6 is 0 Å². The van der Waals surface area contributed by atoms with E-state index in [1.807, 2.05) is 38.1 Å². The molecule has 0 saturated carbocycles. The summed E-state index contributed by atoms with van der Waals surface area (Å²) in [4.78, 5) is 41.2. The number of nitrogens with one attached hydrogen (secondary N) is 2. The van der Waals surface area contributed by atoms with Crippen LogP contribution in [0.5, 0.6) is 5.75 Å². The number of aromatic nitrogens is 3. The summed E-state index contributed by atoms with van der Waals surface area (Å²) in [5, 5.41) is 11.6. The van der Waals surface area contributed by atoms with E-state index in [1.54, 1.807) is 41.0 Å². The summed E-state index contributed by atoms with van der Waals surface area (Å²) in [5.74, 6) is 0.190. The van der Waals surface area contributed by atoms with Crippen molar-refractivity contribution >= 4 is 22.6 Å². The molecule has 2 heterocycles. The molecule has 184 valence electrons. The van der Waals surface area contributed by atoms with Gasteiger partial charge < -0.3 is 15.0 Å². The van der Waals surface area contributed by atoms with Crippen molar-refractivity contribution in [1.29, 1.82) is 5.26 Å². The summed E-state index contributed by atoms with van der Waals surface area (Å²) in [5.41, 5.74) is 3.02. The number of carbonyl (C=O) groups is 1. The minimum atomic E-state index is -0.323. The predicted molar refractivity (Wildman–Crippen MR) is 138 cm³/mol. The Balaban J connectivity index is 1.50. The Kier molecular flexibility index (Phi) is 7.35. The maximum atomic E-state index is 13.0. The maximum Gasteiger partial charge on any atom is 0.331 e. The zero-order chi connectivity index (χ0) is 25.7. The van der Waals surface area contributed by atoms with Gasteiger partial charge in [0.2, 0.25) is 0 Å². The number of ether oxygens (including phenoxy) is 1. The van der Waals surface area contributed by atoms with Crippen molar-refractivity contribution < 1.29 is 9.53 Å². The molecule has 0 aliphatic carbocycles. The van der Waals surface area contributed by atoms with E-state index >= 15 is 0 Å². The molecule has 1 amide bonds. The van der Waals surface area contributed by atoms with E-state index in [1.165, 1.54) is 4.57 Å². The molecule has 2 N–H and O–H groups in total. The van der Waals surface area contributed by atoms with Crippen molar-refractivity contribution in [2.75, 3.05) is 11.9 Å². The molecule has 0 fully saturated rings. The van der Waals surface area contributed by atoms with Gasteiger partial charge in [0.05, 0.1) is 17.1 Å². The van der Waals surface area contributed by atoms with E-state index in [2.05, 4.69) is 10.3 Å². The monoisotopic (exact) mass is 485 g/mol. The third kappa shape index (κ3) is 5.08. The summed E-state index contributed by atoms with van der Waals surface area (Å²) in [7, 11) is 0. The number of aromatic amines is 1. The Bertz CT molecular complexity index is 1540. The van der Waals surface area contributed by atoms with Gasteiger partial charge in [-0.3, -0.25) is 18.7 Å². The Morgan fingerprint density at radius 2 is 1.67 bits per heavy atom. The molecule has 0 aliphatic rings. The number of anilines is 1. The van der Waals surface area contributed by atoms with Crippen LogP contribution in [0.2, 0.25) is 0 Å². The van der Waals surface area contributed by atoms with Gasteiger partial charge in [-0.05, 0) is 73.0 Å². The van der Waals surface area contributed by atoms with Crippen LogP contribution in [0.3, 0.4) is 0 Å². The molecule has 0 radical (unpaired) electrons. The van der Waals surface area contributed by atoms with Gasteiger partial charge >= 0.3 is 5.69 Å². The molecule has 0 unspecified atom stereocenters. The first-order chi connectivity index (χ1) is 17.4. The lowest BCUT2D eigenvalue weighted by Gasteiger charge is -2.10. The predicted octanol–water partition coefficient (Wildman–Crippen LogP) is 3.87. The molecule has 9 nitrogen and oxygen atoms in total. The zero-order valence-corrected chi connectivity index (χ0v) is 20.2. The van der Waals surface area contributed by atoms with E-state index in [0.29, 0.717) is 53.2 Å². The molecule has 36 heavy (non-hydrogen) atoms. The first-order valence-corrected chi connectivity index (χ1v) is 11.8. The maximum absolute atomic E-state index is 13.0. The van der Waals surface area contributed by atoms with Gasteiger partial charge in [-0.2, -0.15) is 5.26 Å². The lowest BCUT2D eigenvalue weighted by molar-refractivity contribution is -0.118. The van der Waals surface area contributed by atoms with Crippen molar-refractivity contribution in [2.24, 2.45) is 0 Å². The molecule has 9 heteroatoms. The van der Waals surface area contributed by atoms with Crippen molar-refractivity contribution in [3.8, 4) is 23.1 Å². The zero-order valence-electron chi connectivity index (χ0n) is 20.2. The number of fused-ring (bicyclic) bond motifs is 1. The topological polar surface area (TPSA) is 122 Å². The Morgan fingerprint density at radius 3 is 2.31 bits per heavy atom. The van der Waals surface area contributed by atoms with E-state index in [9.17, 15) is 14.4 Å². The fraction of sp³-hybridized carbons (Fsp3) is 0.259. The van der Waals surface area contributed by atoms with Crippen LogP contribution in [0.4, 0.5) is 5.69 Å². The Labute approximate surface area is 207 Å². The van der Waals surface area contributed by atoms with Crippen LogP contribution in [0.1, 0.15) is 32.3 Å². The lowest BCUT2D eigenvalue weighted by atomic mass is 10.1. The highest BCUT2D eigenvalue weighted by Crippen LogP contribution is 2.24. The first kappa shape index (κ1) is 24.5. The third-order valence-electron chi connectivity index (χ3n) is 5.74. The molecular weight excluding hydrogens is 458 g/mol. The third-order valence-corrected chi connectivity index (χ3v) is 5.74. The van der Waals surface area contributed by atoms with Crippen LogP contribution < -0.4 is 21.3 Å². The summed E-state index contributed by atoms with van der Waals surface area (Å²) < 4.78 is 8.53. The Morgan fingerprint density at radius 1 is 1.00 bits per heavy atom. The van der Waals surface area contributed by atoms with Crippen molar-refractivity contribution in [2.45, 2.75) is 39.8 Å². The number of nitriles is 1. The van der Waals surface area contributed by atoms with Crippen molar-refractivity contribution in [3.05, 3.63) is 81.0 Å². The highest BCUT2D eigenvalue weighted by atomic mass is 16.5. The van der Waals surface area contributed by atoms with E-state index in [4.69, 9.17) is 10.00 Å². The van der Waals surface area contributed by atoms with Gasteiger partial charge in [-0.1, -0.05) is 13.8 Å². The van der Waals surface area contributed by atoms with Crippen LogP contribution in [-0.2, 0) is 17.9 Å². The molecule has 2 aromatic carbocycles. The minimum Gasteiger partial charge on any atom is -0.484 e. The average Bonchev–Trinajstić information content (AvgIpc) is 3.34. The summed E-state index contributed by atoms with van der Waals surface area (Å²) in [6.07, 6.45) is 1.46. The van der Waals surface area contributed by atoms with Crippen molar-refractivity contribution in [3.63, 3.8) is 0 Å². The SMILES string of the molecule is CCCn1c(=O)c2[nH]c(-c3ccc(OCC(=O)Nc4ccc(C#N)cc4)cc3)cc2n(CCC)c1=O. The van der Waals surface area contributed by atoms with Crippen molar-refractivity contribution in [1.82, 2.24) is 14.1 Å². The van der Waals surface area contributed by atoms with Gasteiger partial charge in [0.1, 0.15) is 11.3 Å². The van der Waals surface area contributed by atoms with Gasteiger partial charge in [0, 0.05) is 24.5 Å². The molecule has 0 saturated heterocycles. The molecule has 0 atom stereocenters. The number of H-pyrrole nitrogens is 1. The van der Waals surface area contributed by atoms with Gasteiger partial charge in [-0.25, -0.2) is 4.79 Å². The average molecular weight is 486 g/mol. The van der Waals surface area contributed by atoms with Gasteiger partial charge in [0.25, 0.3) is 11.5 Å². The fourth-order valence-electron chi connectivity index (χ4n) is 4.01. The smallest absolute Gasteiger partial charge is 0.331 e. The van der Waals surface area contributed by atoms with Crippen LogP contribution in [0.25, 0.3) is 22.3 Å². The van der Waals surface area contributed by atoms with Crippen LogP contribution in [0, 0.1) is 11.3 Å². The largest absolute Gasteiger partial charge is 0.484 e. The number of aryl methyl sites for hydroxylation is 1. The highest BCUT2D eigenvalue weighted by Gasteiger charge is 2.16. The van der Waals surface area contributed by atoms with E-state index < -0.39 is 0 Å². The number of benzene rings is 2. The number of carbonyl (C=O) groups excluding carboxylic acids is 1. The highest BCUT2D eigenvalue weighted by molar-refractivity contribution is 5.92. The van der Waals surface area contributed by atoms with Crippen LogP contribution in [-0.4, -0.2) is 26.6 Å².